The number of likely N-dealkylation sites (tertiary alicyclic amines) is 1. The molecule has 0 aliphatic carbocycles. The summed E-state index contributed by atoms with van der Waals surface area (Å²) in [4.78, 5) is 2.26. The van der Waals surface area contributed by atoms with E-state index in [-0.39, 0.29) is 12.0 Å². The van der Waals surface area contributed by atoms with Crippen LogP contribution in [0.5, 0.6) is 0 Å². The van der Waals surface area contributed by atoms with E-state index in [9.17, 15) is 8.42 Å². The average Bonchev–Trinajstić information content (AvgIpc) is 3.18. The van der Waals surface area contributed by atoms with Crippen molar-refractivity contribution in [2.75, 3.05) is 39.4 Å². The Bertz CT molecular complexity index is 611. The van der Waals surface area contributed by atoms with E-state index < -0.39 is 10.2 Å². The second-order valence-electron chi connectivity index (χ2n) is 6.92. The first-order chi connectivity index (χ1) is 11.5. The molecule has 24 heavy (non-hydrogen) atoms. The van der Waals surface area contributed by atoms with Crippen molar-refractivity contribution in [3.8, 4) is 0 Å². The summed E-state index contributed by atoms with van der Waals surface area (Å²) in [6.45, 7) is 8.35. The second-order valence-corrected chi connectivity index (χ2v) is 8.62. The Kier molecular flexibility index (Phi) is 5.61. The minimum absolute atomic E-state index is 0.0761. The third-order valence-electron chi connectivity index (χ3n) is 4.87. The SMILES string of the molecule is CC(C)[C@H]1CN(Cc2ccco2)C[C@@H]1NS(=O)(=O)N1CCOCC1. The van der Waals surface area contributed by atoms with Crippen molar-refractivity contribution in [2.45, 2.75) is 26.4 Å². The number of hydrogen-bond acceptors (Lipinski definition) is 5. The van der Waals surface area contributed by atoms with Crippen molar-refractivity contribution in [2.24, 2.45) is 11.8 Å². The lowest BCUT2D eigenvalue weighted by Crippen LogP contribution is -2.51. The van der Waals surface area contributed by atoms with E-state index in [1.165, 1.54) is 4.31 Å². The summed E-state index contributed by atoms with van der Waals surface area (Å²) in [5.74, 6) is 1.61. The van der Waals surface area contributed by atoms with E-state index in [0.717, 1.165) is 12.3 Å². The summed E-state index contributed by atoms with van der Waals surface area (Å²) in [7, 11) is -3.47. The molecule has 0 saturated carbocycles. The third kappa shape index (κ3) is 4.18. The molecule has 0 aromatic carbocycles. The zero-order valence-electron chi connectivity index (χ0n) is 14.3. The Morgan fingerprint density at radius 2 is 2.04 bits per heavy atom. The fourth-order valence-corrected chi connectivity index (χ4v) is 4.93. The van der Waals surface area contributed by atoms with E-state index in [1.54, 1.807) is 6.26 Å². The molecule has 1 aromatic heterocycles. The summed E-state index contributed by atoms with van der Waals surface area (Å²) in [5.41, 5.74) is 0. The van der Waals surface area contributed by atoms with Crippen LogP contribution in [0.4, 0.5) is 0 Å². The Morgan fingerprint density at radius 1 is 1.29 bits per heavy atom. The molecule has 0 radical (unpaired) electrons. The van der Waals surface area contributed by atoms with Gasteiger partial charge in [-0.05, 0) is 24.0 Å². The van der Waals surface area contributed by atoms with Gasteiger partial charge in [-0.25, -0.2) is 0 Å². The average molecular weight is 357 g/mol. The van der Waals surface area contributed by atoms with Crippen molar-refractivity contribution >= 4 is 10.2 Å². The van der Waals surface area contributed by atoms with Crippen LogP contribution in [0, 0.1) is 11.8 Å². The molecule has 2 aliphatic rings. The lowest BCUT2D eigenvalue weighted by Gasteiger charge is -2.29. The van der Waals surface area contributed by atoms with E-state index in [4.69, 9.17) is 9.15 Å². The van der Waals surface area contributed by atoms with Gasteiger partial charge in [-0.1, -0.05) is 13.8 Å². The summed E-state index contributed by atoms with van der Waals surface area (Å²) in [6, 6.07) is 3.76. The van der Waals surface area contributed by atoms with Gasteiger partial charge >= 0.3 is 0 Å². The maximum Gasteiger partial charge on any atom is 0.279 e. The molecule has 1 N–H and O–H groups in total. The molecule has 8 heteroatoms. The summed E-state index contributed by atoms with van der Waals surface area (Å²) in [6.07, 6.45) is 1.67. The minimum atomic E-state index is -3.47. The van der Waals surface area contributed by atoms with E-state index in [0.29, 0.717) is 45.3 Å². The molecular formula is C16H27N3O4S. The summed E-state index contributed by atoms with van der Waals surface area (Å²) >= 11 is 0. The molecule has 3 rings (SSSR count). The molecule has 0 spiro atoms. The number of nitrogens with one attached hydrogen (secondary N) is 1. The Labute approximate surface area is 144 Å². The van der Waals surface area contributed by atoms with Gasteiger partial charge < -0.3 is 9.15 Å². The molecule has 7 nitrogen and oxygen atoms in total. The van der Waals surface area contributed by atoms with Gasteiger partial charge in [0.2, 0.25) is 0 Å². The maximum absolute atomic E-state index is 12.7. The zero-order valence-corrected chi connectivity index (χ0v) is 15.2. The van der Waals surface area contributed by atoms with Crippen LogP contribution >= 0.6 is 0 Å². The van der Waals surface area contributed by atoms with Crippen LogP contribution in [0.3, 0.4) is 0 Å². The van der Waals surface area contributed by atoms with Crippen LogP contribution in [0.2, 0.25) is 0 Å². The highest BCUT2D eigenvalue weighted by atomic mass is 32.2. The second kappa shape index (κ2) is 7.53. The monoisotopic (exact) mass is 357 g/mol. The normalized spacial score (nSPS) is 27.1. The molecule has 136 valence electrons. The number of morpholine rings is 1. The molecule has 0 unspecified atom stereocenters. The molecule has 1 aromatic rings. The molecule has 2 fully saturated rings. The highest BCUT2D eigenvalue weighted by Crippen LogP contribution is 2.26. The number of hydrogen-bond donors (Lipinski definition) is 1. The fraction of sp³-hybridized carbons (Fsp3) is 0.750. The summed E-state index contributed by atoms with van der Waals surface area (Å²) in [5, 5.41) is 0. The molecule has 2 atom stereocenters. The van der Waals surface area contributed by atoms with E-state index in [1.807, 2.05) is 12.1 Å². The molecule has 0 amide bonds. The molecule has 2 aliphatic heterocycles. The lowest BCUT2D eigenvalue weighted by atomic mass is 9.92. The van der Waals surface area contributed by atoms with Crippen LogP contribution in [0.15, 0.2) is 22.8 Å². The van der Waals surface area contributed by atoms with E-state index in [2.05, 4.69) is 23.5 Å². The first-order valence-electron chi connectivity index (χ1n) is 8.55. The molecular weight excluding hydrogens is 330 g/mol. The lowest BCUT2D eigenvalue weighted by molar-refractivity contribution is 0.0722. The van der Waals surface area contributed by atoms with Gasteiger partial charge in [-0.2, -0.15) is 17.4 Å². The van der Waals surface area contributed by atoms with Gasteiger partial charge in [0, 0.05) is 32.2 Å². The highest BCUT2D eigenvalue weighted by molar-refractivity contribution is 7.87. The zero-order chi connectivity index (χ0) is 17.2. The van der Waals surface area contributed by atoms with Crippen molar-refractivity contribution in [3.05, 3.63) is 24.2 Å². The van der Waals surface area contributed by atoms with Crippen molar-refractivity contribution in [1.82, 2.24) is 13.9 Å². The van der Waals surface area contributed by atoms with Gasteiger partial charge in [0.25, 0.3) is 10.2 Å². The van der Waals surface area contributed by atoms with Crippen LogP contribution < -0.4 is 4.72 Å². The smallest absolute Gasteiger partial charge is 0.279 e. The fourth-order valence-electron chi connectivity index (χ4n) is 3.52. The topological polar surface area (TPSA) is 75.0 Å². The Balaban J connectivity index is 1.65. The maximum atomic E-state index is 12.7. The first kappa shape index (κ1) is 17.9. The van der Waals surface area contributed by atoms with Crippen LogP contribution in [0.25, 0.3) is 0 Å². The Morgan fingerprint density at radius 3 is 2.67 bits per heavy atom. The predicted octanol–water partition coefficient (Wildman–Crippen LogP) is 0.903. The number of rotatable bonds is 6. The van der Waals surface area contributed by atoms with Gasteiger partial charge in [0.05, 0.1) is 26.0 Å². The Hall–Kier alpha value is -0.930. The van der Waals surface area contributed by atoms with Crippen LogP contribution in [-0.2, 0) is 21.5 Å². The van der Waals surface area contributed by atoms with Gasteiger partial charge in [-0.15, -0.1) is 0 Å². The number of ether oxygens (including phenoxy) is 1. The molecule has 3 heterocycles. The number of nitrogens with zero attached hydrogens (tertiary/aromatic N) is 2. The third-order valence-corrected chi connectivity index (χ3v) is 6.51. The van der Waals surface area contributed by atoms with E-state index >= 15 is 0 Å². The van der Waals surface area contributed by atoms with Crippen molar-refractivity contribution in [3.63, 3.8) is 0 Å². The van der Waals surface area contributed by atoms with Gasteiger partial charge in [0.15, 0.2) is 0 Å². The van der Waals surface area contributed by atoms with Gasteiger partial charge in [-0.3, -0.25) is 4.90 Å². The standard InChI is InChI=1S/C16H27N3O4S/c1-13(2)15-11-18(10-14-4-3-7-23-14)12-16(15)17-24(20,21)19-5-8-22-9-6-19/h3-4,7,13,15-17H,5-6,8-12H2,1-2H3/t15-,16+/m1/s1. The minimum Gasteiger partial charge on any atom is -0.468 e. The predicted molar refractivity (Wildman–Crippen MR) is 90.5 cm³/mol. The first-order valence-corrected chi connectivity index (χ1v) is 9.99. The molecule has 2 saturated heterocycles. The number of furan rings is 1. The van der Waals surface area contributed by atoms with Crippen molar-refractivity contribution in [1.29, 1.82) is 0 Å². The van der Waals surface area contributed by atoms with Crippen LogP contribution in [0.1, 0.15) is 19.6 Å². The molecule has 0 bridgehead atoms. The van der Waals surface area contributed by atoms with Gasteiger partial charge in [0.1, 0.15) is 5.76 Å². The largest absolute Gasteiger partial charge is 0.468 e. The van der Waals surface area contributed by atoms with Crippen molar-refractivity contribution < 1.29 is 17.6 Å². The van der Waals surface area contributed by atoms with Crippen LogP contribution in [-0.4, -0.2) is 63.1 Å². The highest BCUT2D eigenvalue weighted by Gasteiger charge is 2.38. The quantitative estimate of drug-likeness (QED) is 0.819. The summed E-state index contributed by atoms with van der Waals surface area (Å²) < 4.78 is 40.4.